The van der Waals surface area contributed by atoms with Crippen molar-refractivity contribution in [3.05, 3.63) is 32.7 Å². The van der Waals surface area contributed by atoms with E-state index in [1.165, 1.54) is 5.54 Å². The number of hydrogen-bond acceptors (Lipinski definition) is 3. The summed E-state index contributed by atoms with van der Waals surface area (Å²) >= 11 is 14.9. The molecule has 0 aliphatic rings. The van der Waals surface area contributed by atoms with Crippen LogP contribution >= 0.6 is 39.1 Å². The summed E-state index contributed by atoms with van der Waals surface area (Å²) in [7, 11) is 0. The molecule has 0 aliphatic carbocycles. The minimum Gasteiger partial charge on any atom is -0.490 e. The van der Waals surface area contributed by atoms with Crippen molar-refractivity contribution in [3.8, 4) is 11.5 Å². The van der Waals surface area contributed by atoms with Crippen molar-refractivity contribution in [3.63, 3.8) is 0 Å². The molecule has 0 heterocycles. The molecular weight excluding hydrogens is 365 g/mol. The first-order chi connectivity index (χ1) is 9.62. The molecule has 0 fully saturated rings. The predicted octanol–water partition coefficient (Wildman–Crippen LogP) is 4.66. The quantitative estimate of drug-likeness (QED) is 0.709. The first kappa shape index (κ1) is 17.6. The second kappa shape index (κ2) is 9.50. The maximum Gasteiger partial charge on any atom is 0.175 e. The average molecular weight is 383 g/mol. The van der Waals surface area contributed by atoms with Gasteiger partial charge in [0.2, 0.25) is 0 Å². The highest BCUT2D eigenvalue weighted by Gasteiger charge is 2.12. The molecule has 0 aromatic heterocycles. The summed E-state index contributed by atoms with van der Waals surface area (Å²) in [6, 6.07) is 3.96. The summed E-state index contributed by atoms with van der Waals surface area (Å²) in [5.41, 5.74) is 2.41. The number of benzene rings is 1. The van der Waals surface area contributed by atoms with Crippen LogP contribution in [0, 0.1) is 0 Å². The Balaban J connectivity index is 2.96. The van der Waals surface area contributed by atoms with Gasteiger partial charge in [0.15, 0.2) is 11.5 Å². The van der Waals surface area contributed by atoms with E-state index in [0.29, 0.717) is 23.1 Å². The van der Waals surface area contributed by atoms with Crippen LogP contribution in [0.3, 0.4) is 0 Å². The highest BCUT2D eigenvalue weighted by atomic mass is 79.9. The van der Waals surface area contributed by atoms with E-state index in [9.17, 15) is 0 Å². The maximum absolute atomic E-state index is 5.83. The molecule has 6 heteroatoms. The van der Waals surface area contributed by atoms with Crippen LogP contribution in [0.4, 0.5) is 0 Å². The molecule has 20 heavy (non-hydrogen) atoms. The summed E-state index contributed by atoms with van der Waals surface area (Å²) in [5.74, 6) is 1.32. The van der Waals surface area contributed by atoms with E-state index in [1.807, 2.05) is 19.1 Å². The highest BCUT2D eigenvalue weighted by molar-refractivity contribution is 9.10. The first-order valence-corrected chi connectivity index (χ1v) is 7.96. The largest absolute Gasteiger partial charge is 0.490 e. The molecule has 0 aliphatic heterocycles. The van der Waals surface area contributed by atoms with Gasteiger partial charge in [-0.25, -0.2) is 0 Å². The van der Waals surface area contributed by atoms with Gasteiger partial charge in [0, 0.05) is 12.1 Å². The van der Waals surface area contributed by atoms with E-state index >= 15 is 0 Å². The number of rotatable bonds is 8. The van der Waals surface area contributed by atoms with Gasteiger partial charge in [0.1, 0.15) is 6.61 Å². The van der Waals surface area contributed by atoms with Crippen molar-refractivity contribution >= 4 is 39.1 Å². The lowest BCUT2D eigenvalue weighted by molar-refractivity contribution is 0.293. The molecule has 0 bridgehead atoms. The van der Waals surface area contributed by atoms with Crippen LogP contribution in [0.25, 0.3) is 0 Å². The van der Waals surface area contributed by atoms with Gasteiger partial charge >= 0.3 is 0 Å². The lowest BCUT2D eigenvalue weighted by atomic mass is 10.2. The minimum absolute atomic E-state index is 0.205. The van der Waals surface area contributed by atoms with Crippen LogP contribution in [0.1, 0.15) is 19.4 Å². The summed E-state index contributed by atoms with van der Waals surface area (Å²) < 4.78 is 12.1. The molecule has 1 aromatic carbocycles. The topological polar surface area (TPSA) is 30.5 Å². The van der Waals surface area contributed by atoms with Gasteiger partial charge in [0.05, 0.1) is 16.1 Å². The van der Waals surface area contributed by atoms with Crippen molar-refractivity contribution in [1.29, 1.82) is 0 Å². The molecule has 0 saturated carbocycles. The van der Waals surface area contributed by atoms with Crippen molar-refractivity contribution < 1.29 is 9.47 Å². The summed E-state index contributed by atoms with van der Waals surface area (Å²) in [6.45, 7) is 6.45. The number of nitrogens with one attached hydrogen (secondary N) is 1. The number of hydrogen-bond donors (Lipinski definition) is 1. The van der Waals surface area contributed by atoms with Crippen LogP contribution in [-0.2, 0) is 6.54 Å². The molecule has 1 N–H and O–H groups in total. The third kappa shape index (κ3) is 5.52. The normalized spacial score (nSPS) is 11.6. The minimum atomic E-state index is 0.205. The Bertz CT molecular complexity index is 467. The van der Waals surface area contributed by atoms with E-state index in [1.54, 1.807) is 0 Å². The van der Waals surface area contributed by atoms with E-state index in [2.05, 4.69) is 28.2 Å². The molecule has 0 radical (unpaired) electrons. The van der Waals surface area contributed by atoms with Crippen molar-refractivity contribution in [2.24, 2.45) is 0 Å². The Hall–Kier alpha value is -0.420. The third-order valence-electron chi connectivity index (χ3n) is 2.42. The first-order valence-electron chi connectivity index (χ1n) is 6.35. The van der Waals surface area contributed by atoms with Crippen molar-refractivity contribution in [2.75, 3.05) is 19.8 Å². The van der Waals surface area contributed by atoms with Gasteiger partial charge in [-0.15, -0.1) is 0 Å². The predicted molar refractivity (Wildman–Crippen MR) is 88.0 cm³/mol. The van der Waals surface area contributed by atoms with Crippen LogP contribution < -0.4 is 14.8 Å². The molecule has 1 rings (SSSR count). The monoisotopic (exact) mass is 381 g/mol. The molecule has 0 amide bonds. The molecule has 0 spiro atoms. The number of halogens is 3. The molecule has 0 unspecified atom stereocenters. The Kier molecular flexibility index (Phi) is 8.38. The molecule has 1 aromatic rings. The third-order valence-corrected chi connectivity index (χ3v) is 3.60. The zero-order valence-corrected chi connectivity index (χ0v) is 14.6. The van der Waals surface area contributed by atoms with Gasteiger partial charge in [0.25, 0.3) is 0 Å². The molecule has 3 nitrogen and oxygen atoms in total. The fourth-order valence-corrected chi connectivity index (χ4v) is 2.29. The van der Waals surface area contributed by atoms with Crippen LogP contribution in [0.15, 0.2) is 27.2 Å². The smallest absolute Gasteiger partial charge is 0.175 e. The Morgan fingerprint density at radius 1 is 1.35 bits per heavy atom. The zero-order chi connectivity index (χ0) is 15.0. The SMILES string of the molecule is CCNCc1cc(Br)c(OCC(Cl)=CCl)c(OCC)c1. The molecule has 112 valence electrons. The lowest BCUT2D eigenvalue weighted by Gasteiger charge is -2.15. The summed E-state index contributed by atoms with van der Waals surface area (Å²) in [6.07, 6.45) is 0. The van der Waals surface area contributed by atoms with Crippen LogP contribution in [0.2, 0.25) is 0 Å². The van der Waals surface area contributed by atoms with Gasteiger partial charge in [-0.2, -0.15) is 0 Å². The molecule has 0 saturated heterocycles. The van der Waals surface area contributed by atoms with E-state index in [4.69, 9.17) is 32.7 Å². The van der Waals surface area contributed by atoms with E-state index < -0.39 is 0 Å². The average Bonchev–Trinajstić information content (AvgIpc) is 2.44. The Morgan fingerprint density at radius 2 is 2.10 bits per heavy atom. The van der Waals surface area contributed by atoms with Crippen molar-refractivity contribution in [1.82, 2.24) is 5.32 Å². The zero-order valence-electron chi connectivity index (χ0n) is 11.5. The van der Waals surface area contributed by atoms with Crippen LogP contribution in [-0.4, -0.2) is 19.8 Å². The maximum atomic E-state index is 5.83. The highest BCUT2D eigenvalue weighted by Crippen LogP contribution is 2.37. The Labute approximate surface area is 138 Å². The van der Waals surface area contributed by atoms with E-state index in [-0.39, 0.29) is 6.61 Å². The number of ether oxygens (including phenoxy) is 2. The van der Waals surface area contributed by atoms with Gasteiger partial charge in [-0.3, -0.25) is 0 Å². The van der Waals surface area contributed by atoms with Gasteiger partial charge < -0.3 is 14.8 Å². The van der Waals surface area contributed by atoms with E-state index in [0.717, 1.165) is 23.1 Å². The van der Waals surface area contributed by atoms with Gasteiger partial charge in [-0.1, -0.05) is 30.1 Å². The summed E-state index contributed by atoms with van der Waals surface area (Å²) in [5, 5.41) is 3.70. The second-order valence-electron chi connectivity index (χ2n) is 3.96. The summed E-state index contributed by atoms with van der Waals surface area (Å²) in [4.78, 5) is 0. The lowest BCUT2D eigenvalue weighted by Crippen LogP contribution is -2.12. The van der Waals surface area contributed by atoms with Gasteiger partial charge in [-0.05, 0) is 47.1 Å². The fourth-order valence-electron chi connectivity index (χ4n) is 1.57. The fraction of sp³-hybridized carbons (Fsp3) is 0.429. The molecule has 0 atom stereocenters. The Morgan fingerprint density at radius 3 is 2.70 bits per heavy atom. The second-order valence-corrected chi connectivity index (χ2v) is 5.52. The molecular formula is C14H18BrCl2NO2. The van der Waals surface area contributed by atoms with Crippen LogP contribution in [0.5, 0.6) is 11.5 Å². The standard InChI is InChI=1S/C14H18BrCl2NO2/c1-3-18-8-10-5-12(15)14(13(6-10)19-4-2)20-9-11(17)7-16/h5-7,18H,3-4,8-9H2,1-2H3. The van der Waals surface area contributed by atoms with Crippen molar-refractivity contribution in [2.45, 2.75) is 20.4 Å².